The molecule has 0 aliphatic carbocycles. The zero-order chi connectivity index (χ0) is 21.3. The summed E-state index contributed by atoms with van der Waals surface area (Å²) in [5.41, 5.74) is 0.912. The first-order chi connectivity index (χ1) is 14.6. The van der Waals surface area contributed by atoms with Crippen molar-refractivity contribution in [2.45, 2.75) is 25.7 Å². The molecule has 0 bridgehead atoms. The summed E-state index contributed by atoms with van der Waals surface area (Å²) >= 11 is 0. The van der Waals surface area contributed by atoms with Crippen molar-refractivity contribution in [3.8, 4) is 0 Å². The minimum atomic E-state index is -0.698. The van der Waals surface area contributed by atoms with Crippen molar-refractivity contribution in [1.82, 2.24) is 0 Å². The second-order valence-corrected chi connectivity index (χ2v) is 7.00. The third-order valence-electron chi connectivity index (χ3n) is 4.91. The minimum Gasteiger partial charge on any atom is -0.458 e. The van der Waals surface area contributed by atoms with Crippen LogP contribution in [0.4, 0.5) is 11.4 Å². The van der Waals surface area contributed by atoms with E-state index in [1.165, 1.54) is 12.1 Å². The Balaban J connectivity index is 1.58. The van der Waals surface area contributed by atoms with Crippen molar-refractivity contribution in [2.24, 2.45) is 0 Å². The van der Waals surface area contributed by atoms with Gasteiger partial charge in [-0.15, -0.1) is 0 Å². The molecule has 1 saturated heterocycles. The predicted molar refractivity (Wildman–Crippen MR) is 111 cm³/mol. The van der Waals surface area contributed by atoms with Crippen molar-refractivity contribution in [1.29, 1.82) is 0 Å². The van der Waals surface area contributed by atoms with Gasteiger partial charge < -0.3 is 14.4 Å². The quantitative estimate of drug-likeness (QED) is 0.293. The molecule has 1 heterocycles. The van der Waals surface area contributed by atoms with Crippen LogP contribution in [0.3, 0.4) is 0 Å². The molecular weight excluding hydrogens is 388 g/mol. The Kier molecular flexibility index (Phi) is 7.37. The van der Waals surface area contributed by atoms with Gasteiger partial charge >= 0.3 is 11.9 Å². The van der Waals surface area contributed by atoms with Crippen LogP contribution in [0.5, 0.6) is 0 Å². The number of nitro benzene ring substituents is 1. The van der Waals surface area contributed by atoms with Crippen molar-refractivity contribution in [3.05, 3.63) is 69.8 Å². The predicted octanol–water partition coefficient (Wildman–Crippen LogP) is 3.99. The standard InChI is InChI=1S/C22H24N2O6/c25-21(17-8-4-3-5-9-17)29-14-15-30-22(26)18-10-11-19(20(16-18)24(27)28)23-12-6-1-2-7-13-23/h3-5,8-11,16H,1-2,6-7,12-15H2. The molecule has 0 aromatic heterocycles. The number of anilines is 1. The van der Waals surface area contributed by atoms with Crippen molar-refractivity contribution >= 4 is 23.3 Å². The van der Waals surface area contributed by atoms with Crippen molar-refractivity contribution < 1.29 is 24.0 Å². The molecule has 0 radical (unpaired) electrons. The summed E-state index contributed by atoms with van der Waals surface area (Å²) in [6.45, 7) is 1.28. The average Bonchev–Trinajstić information content (AvgIpc) is 3.06. The lowest BCUT2D eigenvalue weighted by atomic mass is 10.1. The van der Waals surface area contributed by atoms with Gasteiger partial charge in [-0.05, 0) is 37.1 Å². The topological polar surface area (TPSA) is 99.0 Å². The van der Waals surface area contributed by atoms with Crippen LogP contribution in [0.2, 0.25) is 0 Å². The van der Waals surface area contributed by atoms with Gasteiger partial charge in [0.15, 0.2) is 0 Å². The summed E-state index contributed by atoms with van der Waals surface area (Å²) in [5, 5.41) is 11.6. The van der Waals surface area contributed by atoms with Gasteiger partial charge in [0.25, 0.3) is 5.69 Å². The molecule has 158 valence electrons. The van der Waals surface area contributed by atoms with Crippen molar-refractivity contribution in [3.63, 3.8) is 0 Å². The lowest BCUT2D eigenvalue weighted by Crippen LogP contribution is -2.25. The average molecular weight is 412 g/mol. The number of esters is 2. The Bertz CT molecular complexity index is 892. The lowest BCUT2D eigenvalue weighted by Gasteiger charge is -2.22. The fraction of sp³-hybridized carbons (Fsp3) is 0.364. The van der Waals surface area contributed by atoms with E-state index in [0.29, 0.717) is 11.3 Å². The second kappa shape index (κ2) is 10.4. The minimum absolute atomic E-state index is 0.0923. The highest BCUT2D eigenvalue weighted by molar-refractivity contribution is 5.91. The van der Waals surface area contributed by atoms with E-state index in [2.05, 4.69) is 0 Å². The highest BCUT2D eigenvalue weighted by Gasteiger charge is 2.23. The maximum Gasteiger partial charge on any atom is 0.338 e. The first-order valence-electron chi connectivity index (χ1n) is 9.99. The maximum atomic E-state index is 12.3. The highest BCUT2D eigenvalue weighted by atomic mass is 16.6. The van der Waals surface area contributed by atoms with Crippen LogP contribution in [0, 0.1) is 10.1 Å². The summed E-state index contributed by atoms with van der Waals surface area (Å²) in [7, 11) is 0. The first-order valence-corrected chi connectivity index (χ1v) is 9.99. The summed E-state index contributed by atoms with van der Waals surface area (Å²) in [6.07, 6.45) is 4.21. The van der Waals surface area contributed by atoms with Gasteiger partial charge in [-0.2, -0.15) is 0 Å². The summed E-state index contributed by atoms with van der Waals surface area (Å²) in [5.74, 6) is -1.21. The Morgan fingerprint density at radius 3 is 2.07 bits per heavy atom. The van der Waals surface area contributed by atoms with E-state index >= 15 is 0 Å². The maximum absolute atomic E-state index is 12.3. The van der Waals surface area contributed by atoms with Gasteiger partial charge in [-0.3, -0.25) is 10.1 Å². The van der Waals surface area contributed by atoms with Gasteiger partial charge in [-0.25, -0.2) is 9.59 Å². The number of carbonyl (C=O) groups is 2. The van der Waals surface area contributed by atoms with Crippen LogP contribution in [0.1, 0.15) is 46.4 Å². The number of benzene rings is 2. The Hall–Kier alpha value is -3.42. The van der Waals surface area contributed by atoms with E-state index < -0.39 is 16.9 Å². The van der Waals surface area contributed by atoms with Gasteiger partial charge in [0, 0.05) is 19.2 Å². The van der Waals surface area contributed by atoms with Crippen LogP contribution in [0.25, 0.3) is 0 Å². The van der Waals surface area contributed by atoms with Gasteiger partial charge in [0.1, 0.15) is 18.9 Å². The summed E-state index contributed by atoms with van der Waals surface area (Å²) < 4.78 is 10.2. The molecule has 0 spiro atoms. The summed E-state index contributed by atoms with van der Waals surface area (Å²) in [6, 6.07) is 12.9. The molecule has 1 fully saturated rings. The molecule has 30 heavy (non-hydrogen) atoms. The lowest BCUT2D eigenvalue weighted by molar-refractivity contribution is -0.384. The largest absolute Gasteiger partial charge is 0.458 e. The van der Waals surface area contributed by atoms with Gasteiger partial charge in [0.2, 0.25) is 0 Å². The van der Waals surface area contributed by atoms with Crippen LogP contribution >= 0.6 is 0 Å². The zero-order valence-electron chi connectivity index (χ0n) is 16.6. The number of hydrogen-bond acceptors (Lipinski definition) is 7. The van der Waals surface area contributed by atoms with E-state index in [4.69, 9.17) is 9.47 Å². The van der Waals surface area contributed by atoms with Crippen LogP contribution in [0.15, 0.2) is 48.5 Å². The highest BCUT2D eigenvalue weighted by Crippen LogP contribution is 2.31. The number of nitro groups is 1. The molecular formula is C22H24N2O6. The Morgan fingerprint density at radius 1 is 0.867 bits per heavy atom. The number of ether oxygens (including phenoxy) is 2. The van der Waals surface area contributed by atoms with E-state index in [0.717, 1.165) is 38.8 Å². The molecule has 8 nitrogen and oxygen atoms in total. The third-order valence-corrected chi connectivity index (χ3v) is 4.91. The smallest absolute Gasteiger partial charge is 0.338 e. The number of carbonyl (C=O) groups excluding carboxylic acids is 2. The third kappa shape index (κ3) is 5.56. The second-order valence-electron chi connectivity index (χ2n) is 7.00. The van der Waals surface area contributed by atoms with Gasteiger partial charge in [0.05, 0.1) is 16.1 Å². The SMILES string of the molecule is O=C(OCCOC(=O)c1ccc(N2CCCCCC2)c([N+](=O)[O-])c1)c1ccccc1. The molecule has 1 aliphatic rings. The number of hydrogen-bond donors (Lipinski definition) is 0. The number of rotatable bonds is 7. The fourth-order valence-electron chi connectivity index (χ4n) is 3.39. The zero-order valence-corrected chi connectivity index (χ0v) is 16.6. The van der Waals surface area contributed by atoms with Crippen LogP contribution in [-0.2, 0) is 9.47 Å². The molecule has 3 rings (SSSR count). The Labute approximate surface area is 174 Å². The molecule has 2 aromatic carbocycles. The van der Waals surface area contributed by atoms with E-state index in [1.54, 1.807) is 36.4 Å². The molecule has 0 N–H and O–H groups in total. The fourth-order valence-corrected chi connectivity index (χ4v) is 3.39. The molecule has 8 heteroatoms. The normalized spacial score (nSPS) is 13.9. The molecule has 0 unspecified atom stereocenters. The van der Waals surface area contributed by atoms with Crippen molar-refractivity contribution in [2.75, 3.05) is 31.2 Å². The molecule has 0 atom stereocenters. The van der Waals surface area contributed by atoms with E-state index in [9.17, 15) is 19.7 Å². The molecule has 0 saturated carbocycles. The van der Waals surface area contributed by atoms with E-state index in [-0.39, 0.29) is 24.5 Å². The van der Waals surface area contributed by atoms with E-state index in [1.807, 2.05) is 4.90 Å². The number of nitrogens with zero attached hydrogens (tertiary/aromatic N) is 2. The van der Waals surface area contributed by atoms with Gasteiger partial charge in [-0.1, -0.05) is 31.0 Å². The molecule has 2 aromatic rings. The first kappa shape index (κ1) is 21.3. The molecule has 0 amide bonds. The summed E-state index contributed by atoms with van der Waals surface area (Å²) in [4.78, 5) is 37.2. The van der Waals surface area contributed by atoms with Crippen LogP contribution < -0.4 is 4.90 Å². The van der Waals surface area contributed by atoms with Crippen LogP contribution in [-0.4, -0.2) is 43.2 Å². The monoisotopic (exact) mass is 412 g/mol. The Morgan fingerprint density at radius 2 is 1.47 bits per heavy atom. The molecule has 1 aliphatic heterocycles.